The monoisotopic (exact) mass is 349 g/mol. The van der Waals surface area contributed by atoms with Crippen LogP contribution in [0.25, 0.3) is 0 Å². The van der Waals surface area contributed by atoms with Gasteiger partial charge in [0.15, 0.2) is 0 Å². The standard InChI is InChI=1S/C22H23NO3/c24-20(13-22(21(25)26)11-6-12-22)23-14-17-9-4-5-10-18(17)19(15-23)16-7-2-1-3-8-16/h1-5,7-10,19H,6,11-15H2,(H,25,26). The molecule has 1 fully saturated rings. The fraction of sp³-hybridized carbons (Fsp3) is 0.364. The third-order valence-corrected chi connectivity index (χ3v) is 6.00. The van der Waals surface area contributed by atoms with E-state index in [4.69, 9.17) is 0 Å². The van der Waals surface area contributed by atoms with E-state index in [9.17, 15) is 14.7 Å². The van der Waals surface area contributed by atoms with Crippen molar-refractivity contribution in [3.05, 3.63) is 71.3 Å². The van der Waals surface area contributed by atoms with Gasteiger partial charge in [0.05, 0.1) is 5.41 Å². The number of hydrogen-bond acceptors (Lipinski definition) is 2. The van der Waals surface area contributed by atoms with Gasteiger partial charge in [-0.25, -0.2) is 0 Å². The van der Waals surface area contributed by atoms with Crippen LogP contribution in [0.3, 0.4) is 0 Å². The van der Waals surface area contributed by atoms with Crippen LogP contribution in [0.2, 0.25) is 0 Å². The largest absolute Gasteiger partial charge is 0.481 e. The highest BCUT2D eigenvalue weighted by molar-refractivity contribution is 5.86. The molecule has 1 aliphatic carbocycles. The first-order valence-corrected chi connectivity index (χ1v) is 9.23. The fourth-order valence-corrected chi connectivity index (χ4v) is 4.24. The number of carboxylic acids is 1. The predicted octanol–water partition coefficient (Wildman–Crippen LogP) is 3.81. The van der Waals surface area contributed by atoms with E-state index >= 15 is 0 Å². The third kappa shape index (κ3) is 2.90. The summed E-state index contributed by atoms with van der Waals surface area (Å²) in [5.74, 6) is -0.732. The van der Waals surface area contributed by atoms with Gasteiger partial charge in [0, 0.05) is 25.4 Å². The Balaban J connectivity index is 1.61. The Kier molecular flexibility index (Phi) is 4.27. The Labute approximate surface area is 153 Å². The highest BCUT2D eigenvalue weighted by Gasteiger charge is 2.47. The minimum Gasteiger partial charge on any atom is -0.481 e. The van der Waals surface area contributed by atoms with Crippen molar-refractivity contribution in [2.75, 3.05) is 6.54 Å². The van der Waals surface area contributed by atoms with Crippen LogP contribution in [-0.2, 0) is 16.1 Å². The minimum atomic E-state index is -0.837. The van der Waals surface area contributed by atoms with Gasteiger partial charge >= 0.3 is 5.97 Å². The summed E-state index contributed by atoms with van der Waals surface area (Å²) in [6, 6.07) is 18.5. The number of rotatable bonds is 4. The Hall–Kier alpha value is -2.62. The molecule has 1 unspecified atom stereocenters. The summed E-state index contributed by atoms with van der Waals surface area (Å²) in [6.07, 6.45) is 2.24. The lowest BCUT2D eigenvalue weighted by molar-refractivity contribution is -0.159. The maximum Gasteiger partial charge on any atom is 0.310 e. The van der Waals surface area contributed by atoms with E-state index in [2.05, 4.69) is 24.3 Å². The zero-order chi connectivity index (χ0) is 18.1. The van der Waals surface area contributed by atoms with Crippen molar-refractivity contribution in [3.63, 3.8) is 0 Å². The normalized spacial score (nSPS) is 20.8. The Morgan fingerprint density at radius 3 is 2.38 bits per heavy atom. The van der Waals surface area contributed by atoms with Crippen molar-refractivity contribution in [2.45, 2.75) is 38.1 Å². The van der Waals surface area contributed by atoms with Gasteiger partial charge in [0.1, 0.15) is 0 Å². The molecule has 1 heterocycles. The molecule has 4 heteroatoms. The van der Waals surface area contributed by atoms with Gasteiger partial charge in [0.25, 0.3) is 0 Å². The first kappa shape index (κ1) is 16.8. The second kappa shape index (κ2) is 6.60. The van der Waals surface area contributed by atoms with E-state index in [-0.39, 0.29) is 18.2 Å². The van der Waals surface area contributed by atoms with Gasteiger partial charge in [0.2, 0.25) is 5.91 Å². The molecule has 0 bridgehead atoms. The molecule has 1 amide bonds. The third-order valence-electron chi connectivity index (χ3n) is 6.00. The van der Waals surface area contributed by atoms with E-state index < -0.39 is 11.4 Å². The summed E-state index contributed by atoms with van der Waals surface area (Å²) in [5.41, 5.74) is 2.77. The second-order valence-electron chi connectivity index (χ2n) is 7.55. The number of fused-ring (bicyclic) bond motifs is 1. The minimum absolute atomic E-state index is 0.0393. The zero-order valence-electron chi connectivity index (χ0n) is 14.7. The van der Waals surface area contributed by atoms with Crippen LogP contribution in [0.5, 0.6) is 0 Å². The van der Waals surface area contributed by atoms with Crippen LogP contribution in [0.15, 0.2) is 54.6 Å². The molecule has 0 spiro atoms. The molecule has 1 N–H and O–H groups in total. The Morgan fingerprint density at radius 2 is 1.73 bits per heavy atom. The van der Waals surface area contributed by atoms with Crippen LogP contribution in [0.1, 0.15) is 48.3 Å². The maximum atomic E-state index is 13.0. The Bertz CT molecular complexity index is 826. The van der Waals surface area contributed by atoms with E-state index in [1.807, 2.05) is 35.2 Å². The Morgan fingerprint density at radius 1 is 1.04 bits per heavy atom. The fourth-order valence-electron chi connectivity index (χ4n) is 4.24. The summed E-state index contributed by atoms with van der Waals surface area (Å²) in [7, 11) is 0. The lowest BCUT2D eigenvalue weighted by atomic mass is 9.66. The quantitative estimate of drug-likeness (QED) is 0.913. The molecule has 2 aromatic rings. The van der Waals surface area contributed by atoms with Crippen LogP contribution in [0, 0.1) is 5.41 Å². The predicted molar refractivity (Wildman–Crippen MR) is 98.7 cm³/mol. The molecule has 134 valence electrons. The van der Waals surface area contributed by atoms with Gasteiger partial charge < -0.3 is 10.0 Å². The van der Waals surface area contributed by atoms with Gasteiger partial charge in [-0.05, 0) is 29.5 Å². The lowest BCUT2D eigenvalue weighted by Crippen LogP contribution is -2.45. The molecule has 26 heavy (non-hydrogen) atoms. The maximum absolute atomic E-state index is 13.0. The zero-order valence-corrected chi connectivity index (χ0v) is 14.7. The van der Waals surface area contributed by atoms with Crippen molar-refractivity contribution in [3.8, 4) is 0 Å². The number of benzene rings is 2. The highest BCUT2D eigenvalue weighted by Crippen LogP contribution is 2.45. The molecular formula is C22H23NO3. The molecule has 1 saturated carbocycles. The van der Waals surface area contributed by atoms with Crippen molar-refractivity contribution in [1.82, 2.24) is 4.90 Å². The second-order valence-corrected chi connectivity index (χ2v) is 7.55. The molecule has 0 saturated heterocycles. The topological polar surface area (TPSA) is 57.6 Å². The SMILES string of the molecule is O=C(CC1(C(=O)O)CCC1)N1Cc2ccccc2C(c2ccccc2)C1. The van der Waals surface area contributed by atoms with Crippen LogP contribution in [-0.4, -0.2) is 28.4 Å². The van der Waals surface area contributed by atoms with Gasteiger partial charge in [-0.2, -0.15) is 0 Å². The van der Waals surface area contributed by atoms with E-state index in [1.54, 1.807) is 0 Å². The van der Waals surface area contributed by atoms with Gasteiger partial charge in [-0.3, -0.25) is 9.59 Å². The van der Waals surface area contributed by atoms with Crippen molar-refractivity contribution in [2.24, 2.45) is 5.41 Å². The summed E-state index contributed by atoms with van der Waals surface area (Å²) < 4.78 is 0. The molecule has 1 aliphatic heterocycles. The van der Waals surface area contributed by atoms with Gasteiger partial charge in [-0.15, -0.1) is 0 Å². The van der Waals surface area contributed by atoms with Crippen molar-refractivity contribution >= 4 is 11.9 Å². The molecular weight excluding hydrogens is 326 g/mol. The first-order chi connectivity index (χ1) is 12.6. The first-order valence-electron chi connectivity index (χ1n) is 9.23. The molecule has 4 nitrogen and oxygen atoms in total. The molecule has 0 aromatic heterocycles. The number of aliphatic carboxylic acids is 1. The van der Waals surface area contributed by atoms with E-state index in [1.165, 1.54) is 11.1 Å². The molecule has 0 radical (unpaired) electrons. The number of hydrogen-bond donors (Lipinski definition) is 1. The lowest BCUT2D eigenvalue weighted by Gasteiger charge is -2.40. The molecule has 4 rings (SSSR count). The molecule has 2 aliphatic rings. The van der Waals surface area contributed by atoms with E-state index in [0.717, 1.165) is 12.0 Å². The summed E-state index contributed by atoms with van der Waals surface area (Å²) in [4.78, 5) is 26.4. The van der Waals surface area contributed by atoms with Crippen LogP contribution >= 0.6 is 0 Å². The summed E-state index contributed by atoms with van der Waals surface area (Å²) in [6.45, 7) is 1.17. The number of nitrogens with zero attached hydrogens (tertiary/aromatic N) is 1. The highest BCUT2D eigenvalue weighted by atomic mass is 16.4. The number of amides is 1. The van der Waals surface area contributed by atoms with Crippen molar-refractivity contribution < 1.29 is 14.7 Å². The number of carbonyl (C=O) groups is 2. The average molecular weight is 349 g/mol. The van der Waals surface area contributed by atoms with Crippen molar-refractivity contribution in [1.29, 1.82) is 0 Å². The summed E-state index contributed by atoms with van der Waals surface area (Å²) >= 11 is 0. The van der Waals surface area contributed by atoms with Crippen LogP contribution in [0.4, 0.5) is 0 Å². The average Bonchev–Trinajstić information content (AvgIpc) is 2.64. The number of carboxylic acid groups (broad SMARTS) is 1. The van der Waals surface area contributed by atoms with Gasteiger partial charge in [-0.1, -0.05) is 61.0 Å². The number of carbonyl (C=O) groups excluding carboxylic acids is 1. The molecule has 1 atom stereocenters. The molecule has 2 aromatic carbocycles. The van der Waals surface area contributed by atoms with E-state index in [0.29, 0.717) is 25.9 Å². The van der Waals surface area contributed by atoms with Crippen LogP contribution < -0.4 is 0 Å². The summed E-state index contributed by atoms with van der Waals surface area (Å²) in [5, 5.41) is 9.55. The smallest absolute Gasteiger partial charge is 0.310 e.